The highest BCUT2D eigenvalue weighted by Crippen LogP contribution is 2.29. The van der Waals surface area contributed by atoms with Crippen molar-refractivity contribution in [3.8, 4) is 0 Å². The summed E-state index contributed by atoms with van der Waals surface area (Å²) in [5, 5.41) is 0. The van der Waals surface area contributed by atoms with Gasteiger partial charge < -0.3 is 9.80 Å². The zero-order valence-corrected chi connectivity index (χ0v) is 14.7. The first kappa shape index (κ1) is 18.7. The summed E-state index contributed by atoms with van der Waals surface area (Å²) in [5.41, 5.74) is 0.731. The second-order valence-corrected chi connectivity index (χ2v) is 6.90. The Balaban J connectivity index is 1.59. The van der Waals surface area contributed by atoms with E-state index in [0.29, 0.717) is 17.7 Å². The number of benzene rings is 2. The fourth-order valence-electron chi connectivity index (χ4n) is 3.61. The Kier molecular flexibility index (Phi) is 5.51. The number of anilines is 1. The van der Waals surface area contributed by atoms with Crippen LogP contribution in [0.15, 0.2) is 48.5 Å². The van der Waals surface area contributed by atoms with E-state index in [0.717, 1.165) is 32.2 Å². The average molecular weight is 367 g/mol. The third kappa shape index (κ3) is 4.36. The maximum absolute atomic E-state index is 13.9. The SMILES string of the molecule is C[C@H](Cc1cccc(C(F)(F)F)c1)[NH+]1CCN(c2ccccc2F)CC1. The van der Waals surface area contributed by atoms with E-state index < -0.39 is 11.7 Å². The Hall–Kier alpha value is -2.08. The minimum Gasteiger partial charge on any atom is -0.358 e. The molecular formula is C20H23F4N2+. The maximum Gasteiger partial charge on any atom is 0.416 e. The van der Waals surface area contributed by atoms with Crippen molar-refractivity contribution < 1.29 is 22.5 Å². The van der Waals surface area contributed by atoms with Crippen molar-refractivity contribution in [2.45, 2.75) is 25.6 Å². The summed E-state index contributed by atoms with van der Waals surface area (Å²) >= 11 is 0. The molecule has 1 saturated heterocycles. The van der Waals surface area contributed by atoms with Crippen LogP contribution in [-0.4, -0.2) is 32.2 Å². The van der Waals surface area contributed by atoms with Crippen LogP contribution >= 0.6 is 0 Å². The number of quaternary nitrogens is 1. The number of para-hydroxylation sites is 1. The molecule has 0 bridgehead atoms. The van der Waals surface area contributed by atoms with Crippen molar-refractivity contribution in [2.24, 2.45) is 0 Å². The van der Waals surface area contributed by atoms with Crippen molar-refractivity contribution in [1.29, 1.82) is 0 Å². The number of nitrogens with one attached hydrogen (secondary N) is 1. The van der Waals surface area contributed by atoms with E-state index in [1.165, 1.54) is 23.1 Å². The second-order valence-electron chi connectivity index (χ2n) is 6.90. The molecule has 1 fully saturated rings. The van der Waals surface area contributed by atoms with Crippen molar-refractivity contribution in [1.82, 2.24) is 0 Å². The van der Waals surface area contributed by atoms with Crippen molar-refractivity contribution >= 4 is 5.69 Å². The van der Waals surface area contributed by atoms with Gasteiger partial charge in [0, 0.05) is 6.42 Å². The number of nitrogens with zero attached hydrogens (tertiary/aromatic N) is 1. The quantitative estimate of drug-likeness (QED) is 0.816. The normalized spacial score (nSPS) is 17.3. The van der Waals surface area contributed by atoms with Crippen molar-refractivity contribution in [3.05, 3.63) is 65.5 Å². The van der Waals surface area contributed by atoms with Crippen LogP contribution in [0.3, 0.4) is 0 Å². The van der Waals surface area contributed by atoms with Crippen LogP contribution in [0.2, 0.25) is 0 Å². The fourth-order valence-corrected chi connectivity index (χ4v) is 3.61. The largest absolute Gasteiger partial charge is 0.416 e. The van der Waals surface area contributed by atoms with Gasteiger partial charge >= 0.3 is 6.18 Å². The Morgan fingerprint density at radius 2 is 1.73 bits per heavy atom. The van der Waals surface area contributed by atoms with Crippen LogP contribution < -0.4 is 9.80 Å². The van der Waals surface area contributed by atoms with Gasteiger partial charge in [-0.15, -0.1) is 0 Å². The Morgan fingerprint density at radius 3 is 2.38 bits per heavy atom. The van der Waals surface area contributed by atoms with Crippen LogP contribution in [0.5, 0.6) is 0 Å². The molecule has 0 spiro atoms. The number of piperazine rings is 1. The monoisotopic (exact) mass is 367 g/mol. The van der Waals surface area contributed by atoms with Gasteiger partial charge in [0.1, 0.15) is 5.82 Å². The van der Waals surface area contributed by atoms with Crippen LogP contribution in [-0.2, 0) is 12.6 Å². The van der Waals surface area contributed by atoms with Crippen LogP contribution in [0.1, 0.15) is 18.1 Å². The van der Waals surface area contributed by atoms with Gasteiger partial charge in [-0.25, -0.2) is 4.39 Å². The highest BCUT2D eigenvalue weighted by atomic mass is 19.4. The van der Waals surface area contributed by atoms with Gasteiger partial charge in [0.05, 0.1) is 43.5 Å². The molecule has 1 atom stereocenters. The molecule has 0 amide bonds. The van der Waals surface area contributed by atoms with E-state index in [1.54, 1.807) is 18.2 Å². The second kappa shape index (κ2) is 7.66. The number of hydrogen-bond acceptors (Lipinski definition) is 1. The molecule has 0 aliphatic carbocycles. The molecule has 1 aliphatic heterocycles. The Labute approximate surface area is 151 Å². The summed E-state index contributed by atoms with van der Waals surface area (Å²) in [6.45, 7) is 5.23. The number of rotatable bonds is 4. The van der Waals surface area contributed by atoms with Crippen molar-refractivity contribution in [3.63, 3.8) is 0 Å². The van der Waals surface area contributed by atoms with Gasteiger partial charge in [-0.2, -0.15) is 13.2 Å². The highest BCUT2D eigenvalue weighted by molar-refractivity contribution is 5.47. The molecule has 0 unspecified atom stereocenters. The molecule has 2 aromatic rings. The summed E-state index contributed by atoms with van der Waals surface area (Å²) in [7, 11) is 0. The summed E-state index contributed by atoms with van der Waals surface area (Å²) in [4.78, 5) is 3.38. The van der Waals surface area contributed by atoms with E-state index in [9.17, 15) is 17.6 Å². The number of halogens is 4. The Morgan fingerprint density at radius 1 is 1.04 bits per heavy atom. The molecule has 1 heterocycles. The first-order chi connectivity index (χ1) is 12.3. The fraction of sp³-hybridized carbons (Fsp3) is 0.400. The van der Waals surface area contributed by atoms with Gasteiger partial charge in [0.2, 0.25) is 0 Å². The molecule has 140 valence electrons. The molecule has 2 aromatic carbocycles. The lowest BCUT2D eigenvalue weighted by molar-refractivity contribution is -0.923. The standard InChI is InChI=1S/C20H22F4N2/c1-15(13-16-5-4-6-17(14-16)20(22,23)24)25-9-11-26(12-10-25)19-8-3-2-7-18(19)21/h2-8,14-15H,9-13H2,1H3/p+1/t15-/m1/s1. The molecule has 0 radical (unpaired) electrons. The zero-order valence-electron chi connectivity index (χ0n) is 14.7. The van der Waals surface area contributed by atoms with Crippen LogP contribution in [0.4, 0.5) is 23.2 Å². The summed E-state index contributed by atoms with van der Waals surface area (Å²) < 4.78 is 52.5. The number of hydrogen-bond donors (Lipinski definition) is 1. The molecule has 0 saturated carbocycles. The molecule has 1 aliphatic rings. The molecule has 26 heavy (non-hydrogen) atoms. The smallest absolute Gasteiger partial charge is 0.358 e. The molecule has 3 rings (SSSR count). The predicted molar refractivity (Wildman–Crippen MR) is 93.9 cm³/mol. The molecule has 6 heteroatoms. The van der Waals surface area contributed by atoms with Gasteiger partial charge in [0.25, 0.3) is 0 Å². The third-order valence-electron chi connectivity index (χ3n) is 5.09. The molecule has 0 aromatic heterocycles. The van der Waals surface area contributed by atoms with E-state index >= 15 is 0 Å². The Bertz CT molecular complexity index is 737. The van der Waals surface area contributed by atoms with Crippen molar-refractivity contribution in [2.75, 3.05) is 31.1 Å². The van der Waals surface area contributed by atoms with Gasteiger partial charge in [-0.1, -0.05) is 30.3 Å². The lowest BCUT2D eigenvalue weighted by Gasteiger charge is -2.36. The first-order valence-electron chi connectivity index (χ1n) is 8.85. The lowest BCUT2D eigenvalue weighted by atomic mass is 10.0. The van der Waals surface area contributed by atoms with E-state index in [4.69, 9.17) is 0 Å². The molecular weight excluding hydrogens is 344 g/mol. The van der Waals surface area contributed by atoms with Gasteiger partial charge in [-0.3, -0.25) is 0 Å². The summed E-state index contributed by atoms with van der Waals surface area (Å²) in [6, 6.07) is 12.5. The molecule has 1 N–H and O–H groups in total. The van der Waals surface area contributed by atoms with E-state index in [2.05, 4.69) is 6.92 Å². The highest BCUT2D eigenvalue weighted by Gasteiger charge is 2.31. The maximum atomic E-state index is 13.9. The van der Waals surface area contributed by atoms with Crippen LogP contribution in [0, 0.1) is 5.82 Å². The number of alkyl halides is 3. The van der Waals surface area contributed by atoms with Gasteiger partial charge in [-0.05, 0) is 30.7 Å². The first-order valence-corrected chi connectivity index (χ1v) is 8.85. The van der Waals surface area contributed by atoms with E-state index in [-0.39, 0.29) is 11.9 Å². The minimum atomic E-state index is -4.31. The summed E-state index contributed by atoms with van der Waals surface area (Å²) in [5.74, 6) is -0.215. The van der Waals surface area contributed by atoms with Crippen LogP contribution in [0.25, 0.3) is 0 Å². The third-order valence-corrected chi connectivity index (χ3v) is 5.09. The lowest BCUT2D eigenvalue weighted by Crippen LogP contribution is -3.18. The summed E-state index contributed by atoms with van der Waals surface area (Å²) in [6.07, 6.45) is -3.71. The van der Waals surface area contributed by atoms with Gasteiger partial charge in [0.15, 0.2) is 0 Å². The average Bonchev–Trinajstić information content (AvgIpc) is 2.62. The topological polar surface area (TPSA) is 7.68 Å². The molecule has 2 nitrogen and oxygen atoms in total. The predicted octanol–water partition coefficient (Wildman–Crippen LogP) is 3.18. The minimum absolute atomic E-state index is 0.209. The van der Waals surface area contributed by atoms with E-state index in [1.807, 2.05) is 11.0 Å². The zero-order chi connectivity index (χ0) is 18.7.